The van der Waals surface area contributed by atoms with Gasteiger partial charge in [0.15, 0.2) is 0 Å². The van der Waals surface area contributed by atoms with E-state index in [4.69, 9.17) is 4.74 Å². The zero-order valence-corrected chi connectivity index (χ0v) is 16.9. The highest BCUT2D eigenvalue weighted by molar-refractivity contribution is 6.25. The van der Waals surface area contributed by atoms with Crippen molar-refractivity contribution in [2.75, 3.05) is 11.9 Å². The van der Waals surface area contributed by atoms with Crippen molar-refractivity contribution in [2.45, 2.75) is 25.8 Å². The molecule has 0 aliphatic carbocycles. The number of benzene rings is 2. The van der Waals surface area contributed by atoms with Gasteiger partial charge in [-0.3, -0.25) is 29.4 Å². The number of anilines is 2. The largest absolute Gasteiger partial charge is 0.494 e. The molecule has 4 rings (SSSR count). The number of amides is 4. The van der Waals surface area contributed by atoms with Gasteiger partial charge in [0.1, 0.15) is 11.8 Å². The molecule has 2 aliphatic rings. The standard InChI is InChI=1S/C23H21N3O5/c1-3-31-13(2)14-7-9-15(10-8-14)24-17-6-4-5-16-20(17)23(30)26(22(16)29)18-11-12-19(27)25-21(18)28/h4-10,18,24H,2-3,11-12H2,1H3,(H,25,27,28). The molecule has 0 saturated carbocycles. The molecule has 1 fully saturated rings. The third kappa shape index (κ3) is 3.68. The maximum atomic E-state index is 13.1. The Labute approximate surface area is 178 Å². The van der Waals surface area contributed by atoms with Gasteiger partial charge in [0.25, 0.3) is 11.8 Å². The van der Waals surface area contributed by atoms with Gasteiger partial charge in [-0.2, -0.15) is 0 Å². The fraction of sp³-hybridized carbons (Fsp3) is 0.217. The lowest BCUT2D eigenvalue weighted by atomic mass is 10.0. The first-order valence-electron chi connectivity index (χ1n) is 9.94. The fourth-order valence-corrected chi connectivity index (χ4v) is 3.77. The topological polar surface area (TPSA) is 105 Å². The lowest BCUT2D eigenvalue weighted by Gasteiger charge is -2.27. The Morgan fingerprint density at radius 1 is 1.13 bits per heavy atom. The molecule has 1 atom stereocenters. The van der Waals surface area contributed by atoms with Crippen LogP contribution in [0.4, 0.5) is 11.4 Å². The summed E-state index contributed by atoms with van der Waals surface area (Å²) in [6.07, 6.45) is 0.193. The molecular weight excluding hydrogens is 398 g/mol. The number of hydrogen-bond donors (Lipinski definition) is 2. The number of fused-ring (bicyclic) bond motifs is 1. The van der Waals surface area contributed by atoms with Crippen molar-refractivity contribution in [1.82, 2.24) is 10.2 Å². The van der Waals surface area contributed by atoms with Gasteiger partial charge in [0, 0.05) is 17.7 Å². The number of carbonyl (C=O) groups is 4. The van der Waals surface area contributed by atoms with E-state index >= 15 is 0 Å². The molecule has 8 nitrogen and oxygen atoms in total. The van der Waals surface area contributed by atoms with Crippen molar-refractivity contribution in [3.8, 4) is 0 Å². The summed E-state index contributed by atoms with van der Waals surface area (Å²) >= 11 is 0. The molecule has 0 aromatic heterocycles. The van der Waals surface area contributed by atoms with Crippen molar-refractivity contribution in [3.05, 3.63) is 65.7 Å². The number of rotatable bonds is 6. The van der Waals surface area contributed by atoms with Crippen molar-refractivity contribution in [2.24, 2.45) is 0 Å². The van der Waals surface area contributed by atoms with E-state index < -0.39 is 29.7 Å². The number of nitrogens with one attached hydrogen (secondary N) is 2. The second-order valence-corrected chi connectivity index (χ2v) is 7.23. The quantitative estimate of drug-likeness (QED) is 0.551. The van der Waals surface area contributed by atoms with Crippen LogP contribution in [0.2, 0.25) is 0 Å². The predicted octanol–water partition coefficient (Wildman–Crippen LogP) is 2.84. The minimum Gasteiger partial charge on any atom is -0.494 e. The summed E-state index contributed by atoms with van der Waals surface area (Å²) in [5.74, 6) is -1.57. The fourth-order valence-electron chi connectivity index (χ4n) is 3.77. The first-order chi connectivity index (χ1) is 14.9. The molecule has 0 radical (unpaired) electrons. The number of ether oxygens (including phenoxy) is 1. The lowest BCUT2D eigenvalue weighted by Crippen LogP contribution is -2.54. The summed E-state index contributed by atoms with van der Waals surface area (Å²) in [4.78, 5) is 50.7. The predicted molar refractivity (Wildman–Crippen MR) is 113 cm³/mol. The molecule has 0 bridgehead atoms. The Balaban J connectivity index is 1.60. The first kappa shape index (κ1) is 20.3. The minimum atomic E-state index is -0.998. The van der Waals surface area contributed by atoms with Crippen LogP contribution < -0.4 is 10.6 Å². The second kappa shape index (κ2) is 8.06. The van der Waals surface area contributed by atoms with Crippen LogP contribution in [0.3, 0.4) is 0 Å². The Kier molecular flexibility index (Phi) is 5.29. The summed E-state index contributed by atoms with van der Waals surface area (Å²) in [5, 5.41) is 5.37. The Morgan fingerprint density at radius 2 is 1.87 bits per heavy atom. The highest BCUT2D eigenvalue weighted by atomic mass is 16.5. The molecule has 31 heavy (non-hydrogen) atoms. The first-order valence-corrected chi connectivity index (χ1v) is 9.94. The van der Waals surface area contributed by atoms with Crippen LogP contribution in [0, 0.1) is 0 Å². The van der Waals surface area contributed by atoms with Gasteiger partial charge in [0.2, 0.25) is 11.8 Å². The maximum Gasteiger partial charge on any atom is 0.264 e. The molecule has 2 aromatic rings. The van der Waals surface area contributed by atoms with Crippen molar-refractivity contribution >= 4 is 40.8 Å². The summed E-state index contributed by atoms with van der Waals surface area (Å²) in [6, 6.07) is 11.2. The molecular formula is C23H21N3O5. The maximum absolute atomic E-state index is 13.1. The van der Waals surface area contributed by atoms with Crippen LogP contribution in [0.1, 0.15) is 46.0 Å². The SMILES string of the molecule is C=C(OCC)c1ccc(Nc2cccc3c2C(=O)N(C2CCC(=O)NC2=O)C3=O)cc1. The van der Waals surface area contributed by atoms with Gasteiger partial charge in [-0.25, -0.2) is 0 Å². The third-order valence-corrected chi connectivity index (χ3v) is 5.27. The monoisotopic (exact) mass is 419 g/mol. The summed E-state index contributed by atoms with van der Waals surface area (Å²) in [6.45, 7) is 6.28. The molecule has 4 amide bonds. The highest BCUT2D eigenvalue weighted by Crippen LogP contribution is 2.34. The van der Waals surface area contributed by atoms with E-state index in [9.17, 15) is 19.2 Å². The highest BCUT2D eigenvalue weighted by Gasteiger charge is 2.45. The lowest BCUT2D eigenvalue weighted by molar-refractivity contribution is -0.136. The zero-order chi connectivity index (χ0) is 22.1. The minimum absolute atomic E-state index is 0.0777. The van der Waals surface area contributed by atoms with E-state index in [0.717, 1.165) is 10.5 Å². The molecule has 1 saturated heterocycles. The molecule has 0 spiro atoms. The van der Waals surface area contributed by atoms with Crippen LogP contribution in [0.15, 0.2) is 49.0 Å². The second-order valence-electron chi connectivity index (χ2n) is 7.23. The van der Waals surface area contributed by atoms with E-state index in [1.54, 1.807) is 18.2 Å². The van der Waals surface area contributed by atoms with E-state index in [0.29, 0.717) is 23.7 Å². The summed E-state index contributed by atoms with van der Waals surface area (Å²) in [7, 11) is 0. The molecule has 8 heteroatoms. The molecule has 2 heterocycles. The summed E-state index contributed by atoms with van der Waals surface area (Å²) in [5.41, 5.74) is 2.44. The van der Waals surface area contributed by atoms with Crippen LogP contribution in [-0.2, 0) is 14.3 Å². The third-order valence-electron chi connectivity index (χ3n) is 5.27. The van der Waals surface area contributed by atoms with Crippen LogP contribution in [-0.4, -0.2) is 41.2 Å². The Bertz CT molecular complexity index is 1110. The van der Waals surface area contributed by atoms with Gasteiger partial charge in [-0.1, -0.05) is 12.6 Å². The van der Waals surface area contributed by atoms with Gasteiger partial charge in [-0.05, 0) is 49.7 Å². The van der Waals surface area contributed by atoms with Crippen molar-refractivity contribution in [1.29, 1.82) is 0 Å². The van der Waals surface area contributed by atoms with Gasteiger partial charge < -0.3 is 10.1 Å². The van der Waals surface area contributed by atoms with E-state index in [1.807, 2.05) is 31.2 Å². The molecule has 1 unspecified atom stereocenters. The zero-order valence-electron chi connectivity index (χ0n) is 16.9. The van der Waals surface area contributed by atoms with E-state index in [1.165, 1.54) is 0 Å². The Hall–Kier alpha value is -3.94. The molecule has 2 aliphatic heterocycles. The molecule has 2 N–H and O–H groups in total. The van der Waals surface area contributed by atoms with Crippen LogP contribution >= 0.6 is 0 Å². The number of carbonyl (C=O) groups excluding carboxylic acids is 4. The number of nitrogens with zero attached hydrogens (tertiary/aromatic N) is 1. The van der Waals surface area contributed by atoms with Gasteiger partial charge in [-0.15, -0.1) is 0 Å². The molecule has 2 aromatic carbocycles. The van der Waals surface area contributed by atoms with E-state index in [-0.39, 0.29) is 24.0 Å². The average Bonchev–Trinajstić information content (AvgIpc) is 3.00. The van der Waals surface area contributed by atoms with Crippen molar-refractivity contribution < 1.29 is 23.9 Å². The number of imide groups is 2. The average molecular weight is 419 g/mol. The Morgan fingerprint density at radius 3 is 2.55 bits per heavy atom. The number of hydrogen-bond acceptors (Lipinski definition) is 6. The molecule has 158 valence electrons. The van der Waals surface area contributed by atoms with Crippen molar-refractivity contribution in [3.63, 3.8) is 0 Å². The van der Waals surface area contributed by atoms with Crippen LogP contribution in [0.5, 0.6) is 0 Å². The van der Waals surface area contributed by atoms with Gasteiger partial charge in [0.05, 0.1) is 23.4 Å². The van der Waals surface area contributed by atoms with Gasteiger partial charge >= 0.3 is 0 Å². The summed E-state index contributed by atoms with van der Waals surface area (Å²) < 4.78 is 5.40. The smallest absolute Gasteiger partial charge is 0.264 e. The van der Waals surface area contributed by atoms with E-state index in [2.05, 4.69) is 17.2 Å². The van der Waals surface area contributed by atoms with Crippen LogP contribution in [0.25, 0.3) is 5.76 Å². The number of piperidine rings is 1. The normalized spacial score (nSPS) is 18.0.